The van der Waals surface area contributed by atoms with Crippen LogP contribution in [-0.2, 0) is 11.2 Å². The van der Waals surface area contributed by atoms with Crippen molar-refractivity contribution in [3.8, 4) is 0 Å². The number of nitrogens with one attached hydrogen (secondary N) is 1. The van der Waals surface area contributed by atoms with Gasteiger partial charge in [0.25, 0.3) is 0 Å². The van der Waals surface area contributed by atoms with Crippen LogP contribution in [0.2, 0.25) is 0 Å². The Balaban J connectivity index is 0.00000300. The average molecular weight is 514 g/mol. The van der Waals surface area contributed by atoms with Crippen LogP contribution < -0.4 is 5.32 Å². The van der Waals surface area contributed by atoms with Crippen LogP contribution in [0, 0.1) is 6.92 Å². The van der Waals surface area contributed by atoms with E-state index in [-0.39, 0.29) is 30.1 Å². The van der Waals surface area contributed by atoms with Crippen LogP contribution in [0.15, 0.2) is 29.5 Å². The first-order valence-corrected chi connectivity index (χ1v) is 10.0. The van der Waals surface area contributed by atoms with Crippen LogP contribution >= 0.6 is 24.0 Å². The number of amides is 1. The molecule has 1 fully saturated rings. The fraction of sp³-hybridized carbons (Fsp3) is 0.550. The van der Waals surface area contributed by atoms with E-state index in [1.165, 1.54) is 5.56 Å². The predicted octanol–water partition coefficient (Wildman–Crippen LogP) is 2.54. The van der Waals surface area contributed by atoms with E-state index in [9.17, 15) is 4.79 Å². The number of hydrogen-bond donors (Lipinski definition) is 1. The second kappa shape index (κ2) is 11.2. The third kappa shape index (κ3) is 5.97. The Hall–Kier alpha value is -2.04. The number of aliphatic imine (C=N–C) groups is 1. The molecule has 0 radical (unpaired) electrons. The molecule has 1 amide bonds. The zero-order valence-corrected chi connectivity index (χ0v) is 19.8. The molecule has 0 atom stereocenters. The molecule has 3 heterocycles. The van der Waals surface area contributed by atoms with Crippen LogP contribution in [0.1, 0.15) is 25.1 Å². The number of guanidine groups is 1. The third-order valence-corrected chi connectivity index (χ3v) is 4.80. The second-order valence-electron chi connectivity index (χ2n) is 6.81. The van der Waals surface area contributed by atoms with Crippen LogP contribution in [0.25, 0.3) is 5.65 Å². The fourth-order valence-corrected chi connectivity index (χ4v) is 3.34. The monoisotopic (exact) mass is 514 g/mol. The van der Waals surface area contributed by atoms with Crippen molar-refractivity contribution in [1.29, 1.82) is 0 Å². The van der Waals surface area contributed by atoms with E-state index < -0.39 is 0 Å². The van der Waals surface area contributed by atoms with Gasteiger partial charge in [-0.15, -0.1) is 24.0 Å². The highest BCUT2D eigenvalue weighted by Crippen LogP contribution is 2.10. The second-order valence-corrected chi connectivity index (χ2v) is 6.81. The highest BCUT2D eigenvalue weighted by Gasteiger charge is 2.23. The summed E-state index contributed by atoms with van der Waals surface area (Å²) in [5.41, 5.74) is 3.22. The van der Waals surface area contributed by atoms with Crippen molar-refractivity contribution in [2.45, 2.75) is 27.2 Å². The van der Waals surface area contributed by atoms with Crippen molar-refractivity contribution in [3.63, 3.8) is 0 Å². The lowest BCUT2D eigenvalue weighted by Gasteiger charge is -2.35. The molecule has 0 aliphatic carbocycles. The Bertz CT molecular complexity index is 829. The van der Waals surface area contributed by atoms with Crippen molar-refractivity contribution in [2.75, 3.05) is 45.9 Å². The van der Waals surface area contributed by atoms with E-state index in [1.807, 2.05) is 19.2 Å². The number of carbonyl (C=O) groups is 1. The Morgan fingerprint density at radius 1 is 1.24 bits per heavy atom. The molecule has 3 rings (SSSR count). The topological polar surface area (TPSA) is 74.5 Å². The molecule has 0 spiro atoms. The van der Waals surface area contributed by atoms with Crippen molar-refractivity contribution in [1.82, 2.24) is 24.5 Å². The van der Waals surface area contributed by atoms with Gasteiger partial charge < -0.3 is 24.3 Å². The maximum Gasteiger partial charge on any atom is 0.409 e. The Labute approximate surface area is 189 Å². The standard InChI is InChI=1S/C20H30N6O2.HI/c1-4-21-19(24-11-13-25(14-12-24)20(27)28-5-2)22-9-8-17-15-26-10-6-7-16(3)18(26)23-17;/h6-7,10,15H,4-5,8-9,11-14H2,1-3H3,(H,21,22);1H. The Morgan fingerprint density at radius 3 is 2.62 bits per heavy atom. The largest absolute Gasteiger partial charge is 0.450 e. The van der Waals surface area contributed by atoms with E-state index in [2.05, 4.69) is 40.7 Å². The minimum absolute atomic E-state index is 0. The minimum Gasteiger partial charge on any atom is -0.450 e. The van der Waals surface area contributed by atoms with Gasteiger partial charge in [0, 0.05) is 58.1 Å². The number of piperazine rings is 1. The molecule has 2 aromatic heterocycles. The van der Waals surface area contributed by atoms with Crippen LogP contribution in [0.4, 0.5) is 4.79 Å². The zero-order valence-electron chi connectivity index (χ0n) is 17.4. The molecule has 0 unspecified atom stereocenters. The third-order valence-electron chi connectivity index (χ3n) is 4.80. The number of aromatic nitrogens is 2. The molecule has 1 saturated heterocycles. The van der Waals surface area contributed by atoms with Gasteiger partial charge in [-0.2, -0.15) is 0 Å². The molecule has 1 N–H and O–H groups in total. The SMILES string of the molecule is CCNC(=NCCc1cn2cccc(C)c2n1)N1CCN(C(=O)OCC)CC1.I. The number of pyridine rings is 1. The number of aryl methyl sites for hydroxylation is 1. The molecule has 29 heavy (non-hydrogen) atoms. The molecule has 0 aromatic carbocycles. The van der Waals surface area contributed by atoms with Gasteiger partial charge in [0.05, 0.1) is 12.3 Å². The van der Waals surface area contributed by atoms with E-state index in [0.29, 0.717) is 26.2 Å². The van der Waals surface area contributed by atoms with Gasteiger partial charge in [-0.3, -0.25) is 4.99 Å². The number of imidazole rings is 1. The van der Waals surface area contributed by atoms with E-state index >= 15 is 0 Å². The lowest BCUT2D eigenvalue weighted by atomic mass is 10.3. The Morgan fingerprint density at radius 2 is 1.97 bits per heavy atom. The molecule has 160 valence electrons. The number of carbonyl (C=O) groups excluding carboxylic acids is 1. The highest BCUT2D eigenvalue weighted by molar-refractivity contribution is 14.0. The van der Waals surface area contributed by atoms with Crippen molar-refractivity contribution in [3.05, 3.63) is 35.8 Å². The van der Waals surface area contributed by atoms with Crippen LogP contribution in [0.3, 0.4) is 0 Å². The van der Waals surface area contributed by atoms with E-state index in [1.54, 1.807) is 4.90 Å². The lowest BCUT2D eigenvalue weighted by molar-refractivity contribution is 0.0914. The summed E-state index contributed by atoms with van der Waals surface area (Å²) in [4.78, 5) is 25.3. The van der Waals surface area contributed by atoms with Gasteiger partial charge in [0.15, 0.2) is 5.96 Å². The molecule has 2 aromatic rings. The van der Waals surface area contributed by atoms with Gasteiger partial charge in [0.2, 0.25) is 0 Å². The Kier molecular flexibility index (Phi) is 8.99. The molecule has 9 heteroatoms. The summed E-state index contributed by atoms with van der Waals surface area (Å²) >= 11 is 0. The highest BCUT2D eigenvalue weighted by atomic mass is 127. The minimum atomic E-state index is -0.230. The molecule has 1 aliphatic rings. The predicted molar refractivity (Wildman–Crippen MR) is 125 cm³/mol. The molecule has 0 bridgehead atoms. The number of halogens is 1. The van der Waals surface area contributed by atoms with Gasteiger partial charge in [0.1, 0.15) is 5.65 Å². The molecular weight excluding hydrogens is 483 g/mol. The first-order chi connectivity index (χ1) is 13.6. The summed E-state index contributed by atoms with van der Waals surface area (Å²) in [6, 6.07) is 4.11. The van der Waals surface area contributed by atoms with E-state index in [4.69, 9.17) is 14.7 Å². The van der Waals surface area contributed by atoms with Crippen LogP contribution in [-0.4, -0.2) is 77.1 Å². The maximum atomic E-state index is 11.9. The smallest absolute Gasteiger partial charge is 0.409 e. The quantitative estimate of drug-likeness (QED) is 0.377. The summed E-state index contributed by atoms with van der Waals surface area (Å²) in [7, 11) is 0. The molecule has 8 nitrogen and oxygen atoms in total. The number of hydrogen-bond acceptors (Lipinski definition) is 4. The van der Waals surface area contributed by atoms with Gasteiger partial charge >= 0.3 is 6.09 Å². The first-order valence-electron chi connectivity index (χ1n) is 10.0. The summed E-state index contributed by atoms with van der Waals surface area (Å²) in [5.74, 6) is 0.894. The number of nitrogens with zero attached hydrogens (tertiary/aromatic N) is 5. The summed E-state index contributed by atoms with van der Waals surface area (Å²) in [6.45, 7) is 10.6. The number of rotatable bonds is 5. The summed E-state index contributed by atoms with van der Waals surface area (Å²) in [6.07, 6.45) is 4.66. The fourth-order valence-electron chi connectivity index (χ4n) is 3.34. The molecule has 0 saturated carbocycles. The van der Waals surface area contributed by atoms with Crippen molar-refractivity contribution >= 4 is 41.7 Å². The number of ether oxygens (including phenoxy) is 1. The molecular formula is C20H31IN6O2. The maximum absolute atomic E-state index is 11.9. The summed E-state index contributed by atoms with van der Waals surface area (Å²) in [5, 5.41) is 3.36. The van der Waals surface area contributed by atoms with Gasteiger partial charge in [-0.05, 0) is 32.4 Å². The lowest BCUT2D eigenvalue weighted by Crippen LogP contribution is -2.54. The first kappa shape index (κ1) is 23.2. The van der Waals surface area contributed by atoms with Crippen molar-refractivity contribution in [2.24, 2.45) is 4.99 Å². The van der Waals surface area contributed by atoms with Gasteiger partial charge in [-0.1, -0.05) is 6.07 Å². The summed E-state index contributed by atoms with van der Waals surface area (Å²) < 4.78 is 7.15. The number of fused-ring (bicyclic) bond motifs is 1. The average Bonchev–Trinajstić information content (AvgIpc) is 3.12. The normalized spacial score (nSPS) is 14.7. The molecule has 1 aliphatic heterocycles. The van der Waals surface area contributed by atoms with E-state index in [0.717, 1.165) is 43.4 Å². The van der Waals surface area contributed by atoms with Gasteiger partial charge in [-0.25, -0.2) is 9.78 Å². The zero-order chi connectivity index (χ0) is 19.9. The van der Waals surface area contributed by atoms with Crippen molar-refractivity contribution < 1.29 is 9.53 Å². The van der Waals surface area contributed by atoms with Crippen LogP contribution in [0.5, 0.6) is 0 Å².